The van der Waals surface area contributed by atoms with Crippen molar-refractivity contribution in [3.05, 3.63) is 36.4 Å². The molecular formula is C11H13FN4O2S2. The maximum Gasteiger partial charge on any atom is 0.240 e. The minimum Gasteiger partial charge on any atom is -0.312 e. The third kappa shape index (κ3) is 3.78. The lowest BCUT2D eigenvalue weighted by atomic mass is 10.4. The van der Waals surface area contributed by atoms with E-state index in [-0.39, 0.29) is 11.4 Å². The quantitative estimate of drug-likeness (QED) is 0.636. The number of thioether (sulfide) groups is 1. The average molecular weight is 316 g/mol. The fourth-order valence-corrected chi connectivity index (χ4v) is 3.32. The molecule has 0 aliphatic heterocycles. The highest BCUT2D eigenvalue weighted by molar-refractivity contribution is 7.99. The van der Waals surface area contributed by atoms with Gasteiger partial charge in [-0.25, -0.2) is 17.5 Å². The number of nitrogens with one attached hydrogen (secondary N) is 1. The van der Waals surface area contributed by atoms with Gasteiger partial charge in [-0.1, -0.05) is 11.8 Å². The molecule has 1 aromatic carbocycles. The molecule has 0 radical (unpaired) electrons. The second-order valence-electron chi connectivity index (χ2n) is 3.92. The zero-order valence-corrected chi connectivity index (χ0v) is 12.3. The van der Waals surface area contributed by atoms with Gasteiger partial charge >= 0.3 is 0 Å². The Balaban J connectivity index is 1.87. The van der Waals surface area contributed by atoms with E-state index >= 15 is 0 Å². The molecule has 1 aromatic heterocycles. The Morgan fingerprint density at radius 2 is 2.05 bits per heavy atom. The summed E-state index contributed by atoms with van der Waals surface area (Å²) in [5.41, 5.74) is 0. The maximum atomic E-state index is 12.7. The number of aryl methyl sites for hydroxylation is 1. The van der Waals surface area contributed by atoms with Gasteiger partial charge in [-0.2, -0.15) is 0 Å². The second kappa shape index (κ2) is 6.33. The number of sulfonamides is 1. The van der Waals surface area contributed by atoms with Gasteiger partial charge in [-0.05, 0) is 24.3 Å². The van der Waals surface area contributed by atoms with E-state index in [1.165, 1.54) is 23.9 Å². The van der Waals surface area contributed by atoms with Crippen molar-refractivity contribution < 1.29 is 12.8 Å². The van der Waals surface area contributed by atoms with Crippen LogP contribution in [-0.4, -0.2) is 35.5 Å². The second-order valence-corrected chi connectivity index (χ2v) is 6.75. The van der Waals surface area contributed by atoms with Crippen molar-refractivity contribution in [3.63, 3.8) is 0 Å². The Hall–Kier alpha value is -1.45. The highest BCUT2D eigenvalue weighted by atomic mass is 32.2. The molecule has 0 fully saturated rings. The summed E-state index contributed by atoms with van der Waals surface area (Å²) in [6, 6.07) is 4.69. The van der Waals surface area contributed by atoms with Gasteiger partial charge in [-0.15, -0.1) is 10.2 Å². The number of aromatic nitrogens is 3. The third-order valence-corrected chi connectivity index (χ3v) is 4.93. The van der Waals surface area contributed by atoms with E-state index in [9.17, 15) is 12.8 Å². The molecule has 20 heavy (non-hydrogen) atoms. The smallest absolute Gasteiger partial charge is 0.240 e. The van der Waals surface area contributed by atoms with Gasteiger partial charge in [0.05, 0.1) is 4.90 Å². The van der Waals surface area contributed by atoms with Crippen molar-refractivity contribution in [1.82, 2.24) is 19.5 Å². The van der Waals surface area contributed by atoms with Gasteiger partial charge in [0.25, 0.3) is 0 Å². The molecule has 9 heteroatoms. The van der Waals surface area contributed by atoms with E-state index in [1.54, 1.807) is 10.9 Å². The monoisotopic (exact) mass is 316 g/mol. The Labute approximate surface area is 120 Å². The molecule has 0 saturated carbocycles. The van der Waals surface area contributed by atoms with Crippen molar-refractivity contribution in [1.29, 1.82) is 0 Å². The van der Waals surface area contributed by atoms with Crippen molar-refractivity contribution in [3.8, 4) is 0 Å². The molecule has 0 aliphatic rings. The number of benzene rings is 1. The Bertz CT molecular complexity index is 670. The first kappa shape index (κ1) is 14.9. The molecule has 2 rings (SSSR count). The summed E-state index contributed by atoms with van der Waals surface area (Å²) in [6.07, 6.45) is 1.57. The van der Waals surface area contributed by atoms with Crippen LogP contribution in [0.2, 0.25) is 0 Å². The molecule has 2 aromatic rings. The molecule has 0 amide bonds. The summed E-state index contributed by atoms with van der Waals surface area (Å²) in [5, 5.41) is 8.31. The SMILES string of the molecule is Cn1cnnc1SCCNS(=O)(=O)c1ccc(F)cc1. The Morgan fingerprint density at radius 3 is 2.65 bits per heavy atom. The van der Waals surface area contributed by atoms with Crippen LogP contribution in [0.5, 0.6) is 0 Å². The van der Waals surface area contributed by atoms with Crippen LogP contribution in [0.4, 0.5) is 4.39 Å². The number of hydrogen-bond acceptors (Lipinski definition) is 5. The van der Waals surface area contributed by atoms with E-state index in [4.69, 9.17) is 0 Å². The molecular weight excluding hydrogens is 303 g/mol. The first-order valence-corrected chi connectivity index (χ1v) is 8.18. The van der Waals surface area contributed by atoms with Gasteiger partial charge in [-0.3, -0.25) is 0 Å². The fraction of sp³-hybridized carbons (Fsp3) is 0.273. The number of nitrogens with zero attached hydrogens (tertiary/aromatic N) is 3. The van der Waals surface area contributed by atoms with Crippen LogP contribution < -0.4 is 4.72 Å². The molecule has 6 nitrogen and oxygen atoms in total. The van der Waals surface area contributed by atoms with E-state index in [1.807, 2.05) is 7.05 Å². The lowest BCUT2D eigenvalue weighted by Gasteiger charge is -2.06. The molecule has 108 valence electrons. The predicted molar refractivity (Wildman–Crippen MR) is 73.3 cm³/mol. The Kier molecular flexibility index (Phi) is 4.73. The summed E-state index contributed by atoms with van der Waals surface area (Å²) < 4.78 is 40.7. The molecule has 0 atom stereocenters. The minimum absolute atomic E-state index is 0.0440. The van der Waals surface area contributed by atoms with Gasteiger partial charge in [0, 0.05) is 19.3 Å². The average Bonchev–Trinajstić information content (AvgIpc) is 2.81. The van der Waals surface area contributed by atoms with Crippen molar-refractivity contribution in [2.75, 3.05) is 12.3 Å². The molecule has 0 spiro atoms. The van der Waals surface area contributed by atoms with Crippen LogP contribution >= 0.6 is 11.8 Å². The van der Waals surface area contributed by atoms with Crippen LogP contribution in [0.15, 0.2) is 40.6 Å². The van der Waals surface area contributed by atoms with Crippen molar-refractivity contribution in [2.45, 2.75) is 10.1 Å². The van der Waals surface area contributed by atoms with E-state index in [0.717, 1.165) is 12.1 Å². The first-order chi connectivity index (χ1) is 9.49. The van der Waals surface area contributed by atoms with E-state index in [2.05, 4.69) is 14.9 Å². The molecule has 0 saturated heterocycles. The topological polar surface area (TPSA) is 76.9 Å². The van der Waals surface area contributed by atoms with Crippen LogP contribution in [-0.2, 0) is 17.1 Å². The number of halogens is 1. The summed E-state index contributed by atoms with van der Waals surface area (Å²) in [4.78, 5) is 0.0440. The van der Waals surface area contributed by atoms with Gasteiger partial charge in [0.15, 0.2) is 5.16 Å². The van der Waals surface area contributed by atoms with Crippen LogP contribution in [0, 0.1) is 5.82 Å². The highest BCUT2D eigenvalue weighted by Crippen LogP contribution is 2.13. The minimum atomic E-state index is -3.60. The zero-order valence-electron chi connectivity index (χ0n) is 10.7. The lowest BCUT2D eigenvalue weighted by Crippen LogP contribution is -2.26. The summed E-state index contributed by atoms with van der Waals surface area (Å²) in [6.45, 7) is 0.247. The van der Waals surface area contributed by atoms with Crippen molar-refractivity contribution >= 4 is 21.8 Å². The molecule has 0 bridgehead atoms. The predicted octanol–water partition coefficient (Wildman–Crippen LogP) is 1.02. The molecule has 0 aliphatic carbocycles. The van der Waals surface area contributed by atoms with E-state index in [0.29, 0.717) is 10.9 Å². The summed E-state index contributed by atoms with van der Waals surface area (Å²) in [5.74, 6) is 0.0502. The standard InChI is InChI=1S/C11H13FN4O2S2/c1-16-8-13-15-11(16)19-7-6-14-20(17,18)10-4-2-9(12)3-5-10/h2-5,8,14H,6-7H2,1H3. The third-order valence-electron chi connectivity index (χ3n) is 2.42. The molecule has 1 N–H and O–H groups in total. The van der Waals surface area contributed by atoms with Gasteiger partial charge in [0.1, 0.15) is 12.1 Å². The summed E-state index contributed by atoms with van der Waals surface area (Å²) >= 11 is 1.39. The zero-order chi connectivity index (χ0) is 14.6. The van der Waals surface area contributed by atoms with E-state index < -0.39 is 15.8 Å². The summed E-state index contributed by atoms with van der Waals surface area (Å²) in [7, 11) is -1.79. The number of hydrogen-bond donors (Lipinski definition) is 1. The Morgan fingerprint density at radius 1 is 1.35 bits per heavy atom. The normalized spacial score (nSPS) is 11.7. The molecule has 1 heterocycles. The molecule has 0 unspecified atom stereocenters. The largest absolute Gasteiger partial charge is 0.312 e. The highest BCUT2D eigenvalue weighted by Gasteiger charge is 2.13. The first-order valence-electron chi connectivity index (χ1n) is 5.71. The van der Waals surface area contributed by atoms with Crippen LogP contribution in [0.1, 0.15) is 0 Å². The lowest BCUT2D eigenvalue weighted by molar-refractivity contribution is 0.583. The van der Waals surface area contributed by atoms with Gasteiger partial charge < -0.3 is 4.57 Å². The van der Waals surface area contributed by atoms with Crippen molar-refractivity contribution in [2.24, 2.45) is 7.05 Å². The number of rotatable bonds is 6. The van der Waals surface area contributed by atoms with Gasteiger partial charge in [0.2, 0.25) is 10.0 Å². The maximum absolute atomic E-state index is 12.7. The van der Waals surface area contributed by atoms with Crippen LogP contribution in [0.25, 0.3) is 0 Å². The fourth-order valence-electron chi connectivity index (χ4n) is 1.42. The van der Waals surface area contributed by atoms with Crippen LogP contribution in [0.3, 0.4) is 0 Å².